The van der Waals surface area contributed by atoms with Crippen LogP contribution in [0.5, 0.6) is 5.75 Å². The van der Waals surface area contributed by atoms with E-state index in [4.69, 9.17) is 10.5 Å². The number of primary amides is 1. The van der Waals surface area contributed by atoms with Crippen LogP contribution in [0.25, 0.3) is 0 Å². The number of fused-ring (bicyclic) bond motifs is 1. The summed E-state index contributed by atoms with van der Waals surface area (Å²) in [5.41, 5.74) is 5.44. The van der Waals surface area contributed by atoms with E-state index in [1.807, 2.05) is 5.32 Å². The minimum Gasteiger partial charge on any atom is -0.479 e. The first-order valence-electron chi connectivity index (χ1n) is 6.91. The maximum absolute atomic E-state index is 13.1. The summed E-state index contributed by atoms with van der Waals surface area (Å²) in [6.07, 6.45) is -6.60. The third-order valence-corrected chi connectivity index (χ3v) is 3.38. The molecule has 1 aromatic rings. The lowest BCUT2D eigenvalue weighted by Gasteiger charge is -2.35. The van der Waals surface area contributed by atoms with Gasteiger partial charge in [-0.3, -0.25) is 10.1 Å². The number of benzene rings is 1. The van der Waals surface area contributed by atoms with Crippen molar-refractivity contribution in [2.75, 3.05) is 6.54 Å². The van der Waals surface area contributed by atoms with Crippen LogP contribution in [0.15, 0.2) is 24.3 Å². The van der Waals surface area contributed by atoms with Crippen LogP contribution in [0.1, 0.15) is 12.0 Å². The number of ether oxygens (including phenoxy) is 1. The summed E-state index contributed by atoms with van der Waals surface area (Å²) in [6.45, 7) is -0.0398. The van der Waals surface area contributed by atoms with Crippen molar-refractivity contribution in [1.29, 1.82) is 0 Å². The minimum absolute atomic E-state index is 0.0398. The number of carbonyl (C=O) groups excluding carboxylic acids is 2. The molecule has 1 heterocycles. The van der Waals surface area contributed by atoms with E-state index in [1.165, 1.54) is 6.07 Å². The Morgan fingerprint density at radius 3 is 2.65 bits per heavy atom. The molecule has 0 spiro atoms. The number of amides is 3. The van der Waals surface area contributed by atoms with Gasteiger partial charge >= 0.3 is 12.2 Å². The average Bonchev–Trinajstić information content (AvgIpc) is 2.44. The molecule has 1 aromatic carbocycles. The maximum Gasteiger partial charge on any atom is 0.426 e. The monoisotopic (exact) mass is 331 g/mol. The van der Waals surface area contributed by atoms with Gasteiger partial charge in [-0.15, -0.1) is 0 Å². The van der Waals surface area contributed by atoms with Gasteiger partial charge in [0.1, 0.15) is 5.75 Å². The SMILES string of the molecule is NC(=O)NC(=O)CCN[C@@H]1Cc2ccccc2O[C@H]1C(F)(F)F. The maximum atomic E-state index is 13.1. The number of hydrogen-bond acceptors (Lipinski definition) is 4. The number of hydrogen-bond donors (Lipinski definition) is 3. The van der Waals surface area contributed by atoms with Gasteiger partial charge in [0, 0.05) is 13.0 Å². The topological polar surface area (TPSA) is 93.5 Å². The molecule has 0 fully saturated rings. The second kappa shape index (κ2) is 6.86. The minimum atomic E-state index is -4.54. The van der Waals surface area contributed by atoms with Crippen molar-refractivity contribution in [3.63, 3.8) is 0 Å². The molecule has 0 radical (unpaired) electrons. The van der Waals surface area contributed by atoms with Crippen LogP contribution < -0.4 is 21.1 Å². The van der Waals surface area contributed by atoms with Crippen LogP contribution in [-0.4, -0.2) is 36.8 Å². The molecular formula is C14H16F3N3O3. The number of carbonyl (C=O) groups is 2. The lowest BCUT2D eigenvalue weighted by Crippen LogP contribution is -2.55. The Bertz CT molecular complexity index is 592. The molecule has 1 aliphatic rings. The normalized spacial score (nSPS) is 20.3. The lowest BCUT2D eigenvalue weighted by molar-refractivity contribution is -0.206. The molecule has 6 nitrogen and oxygen atoms in total. The van der Waals surface area contributed by atoms with Crippen molar-refractivity contribution in [1.82, 2.24) is 10.6 Å². The molecule has 0 aromatic heterocycles. The first-order chi connectivity index (χ1) is 10.8. The van der Waals surface area contributed by atoms with Gasteiger partial charge in [0.05, 0.1) is 6.04 Å². The molecule has 126 valence electrons. The largest absolute Gasteiger partial charge is 0.479 e. The zero-order valence-electron chi connectivity index (χ0n) is 12.0. The summed E-state index contributed by atoms with van der Waals surface area (Å²) in [5, 5.41) is 4.51. The fraction of sp³-hybridized carbons (Fsp3) is 0.429. The number of urea groups is 1. The number of alkyl halides is 3. The Morgan fingerprint density at radius 1 is 1.30 bits per heavy atom. The van der Waals surface area contributed by atoms with Crippen LogP contribution in [-0.2, 0) is 11.2 Å². The van der Waals surface area contributed by atoms with E-state index in [0.29, 0.717) is 5.56 Å². The van der Waals surface area contributed by atoms with Crippen molar-refractivity contribution in [3.05, 3.63) is 29.8 Å². The summed E-state index contributed by atoms with van der Waals surface area (Å²) < 4.78 is 44.5. The average molecular weight is 331 g/mol. The molecule has 0 bridgehead atoms. The van der Waals surface area contributed by atoms with Crippen LogP contribution in [0.2, 0.25) is 0 Å². The number of nitrogens with two attached hydrogens (primary N) is 1. The zero-order chi connectivity index (χ0) is 17.0. The number of rotatable bonds is 4. The molecule has 23 heavy (non-hydrogen) atoms. The Hall–Kier alpha value is -2.29. The number of para-hydroxylation sites is 1. The van der Waals surface area contributed by atoms with E-state index >= 15 is 0 Å². The van der Waals surface area contributed by atoms with Gasteiger partial charge in [0.15, 0.2) is 0 Å². The Labute approximate surface area is 130 Å². The van der Waals surface area contributed by atoms with Gasteiger partial charge in [0.2, 0.25) is 12.0 Å². The van der Waals surface area contributed by atoms with Gasteiger partial charge in [0.25, 0.3) is 0 Å². The number of halogens is 3. The van der Waals surface area contributed by atoms with E-state index in [9.17, 15) is 22.8 Å². The van der Waals surface area contributed by atoms with Gasteiger partial charge in [-0.25, -0.2) is 4.79 Å². The molecule has 1 aliphatic heterocycles. The summed E-state index contributed by atoms with van der Waals surface area (Å²) in [5.74, 6) is -0.454. The Morgan fingerprint density at radius 2 is 2.00 bits per heavy atom. The Balaban J connectivity index is 2.00. The molecule has 3 amide bonds. The highest BCUT2D eigenvalue weighted by Gasteiger charge is 2.49. The van der Waals surface area contributed by atoms with Gasteiger partial charge in [-0.05, 0) is 18.1 Å². The zero-order valence-corrected chi connectivity index (χ0v) is 12.0. The van der Waals surface area contributed by atoms with Crippen molar-refractivity contribution in [2.24, 2.45) is 5.73 Å². The first kappa shape index (κ1) is 17.1. The predicted molar refractivity (Wildman–Crippen MR) is 74.8 cm³/mol. The molecule has 2 atom stereocenters. The highest BCUT2D eigenvalue weighted by Crippen LogP contribution is 2.34. The van der Waals surface area contributed by atoms with E-state index < -0.39 is 30.3 Å². The highest BCUT2D eigenvalue weighted by atomic mass is 19.4. The summed E-state index contributed by atoms with van der Waals surface area (Å²) in [6, 6.07) is 4.48. The van der Waals surface area contributed by atoms with E-state index in [1.54, 1.807) is 18.2 Å². The van der Waals surface area contributed by atoms with Crippen LogP contribution in [0.4, 0.5) is 18.0 Å². The molecular weight excluding hydrogens is 315 g/mol. The number of imide groups is 1. The van der Waals surface area contributed by atoms with Crippen molar-refractivity contribution in [2.45, 2.75) is 31.2 Å². The predicted octanol–water partition coefficient (Wildman–Crippen LogP) is 1.10. The van der Waals surface area contributed by atoms with Crippen molar-refractivity contribution < 1.29 is 27.5 Å². The van der Waals surface area contributed by atoms with Gasteiger partial charge in [-0.1, -0.05) is 18.2 Å². The van der Waals surface area contributed by atoms with Gasteiger partial charge < -0.3 is 15.8 Å². The number of nitrogens with one attached hydrogen (secondary N) is 2. The molecule has 0 saturated heterocycles. The Kier molecular flexibility index (Phi) is 5.09. The van der Waals surface area contributed by atoms with E-state index in [-0.39, 0.29) is 25.1 Å². The van der Waals surface area contributed by atoms with E-state index in [2.05, 4.69) is 5.32 Å². The second-order valence-electron chi connectivity index (χ2n) is 5.11. The summed E-state index contributed by atoms with van der Waals surface area (Å²) in [4.78, 5) is 21.8. The fourth-order valence-electron chi connectivity index (χ4n) is 2.40. The molecule has 2 rings (SSSR count). The molecule has 0 unspecified atom stereocenters. The summed E-state index contributed by atoms with van der Waals surface area (Å²) in [7, 11) is 0. The standard InChI is InChI=1S/C14H16F3N3O3/c15-14(16,17)12-9(19-6-5-11(21)20-13(18)22)7-8-3-1-2-4-10(8)23-12/h1-4,9,12,19H,5-7H2,(H3,18,20,21,22)/t9-,12-/m1/s1. The molecule has 0 saturated carbocycles. The van der Waals surface area contributed by atoms with Crippen LogP contribution in [0, 0.1) is 0 Å². The quantitative estimate of drug-likeness (QED) is 0.770. The third-order valence-electron chi connectivity index (χ3n) is 3.38. The fourth-order valence-corrected chi connectivity index (χ4v) is 2.40. The molecule has 4 N–H and O–H groups in total. The molecule has 9 heteroatoms. The molecule has 0 aliphatic carbocycles. The second-order valence-corrected chi connectivity index (χ2v) is 5.11. The smallest absolute Gasteiger partial charge is 0.426 e. The van der Waals surface area contributed by atoms with Crippen LogP contribution in [0.3, 0.4) is 0 Å². The van der Waals surface area contributed by atoms with Crippen LogP contribution >= 0.6 is 0 Å². The third kappa shape index (κ3) is 4.59. The van der Waals surface area contributed by atoms with Gasteiger partial charge in [-0.2, -0.15) is 13.2 Å². The lowest BCUT2D eigenvalue weighted by atomic mass is 9.96. The first-order valence-corrected chi connectivity index (χ1v) is 6.91. The van der Waals surface area contributed by atoms with Crippen molar-refractivity contribution in [3.8, 4) is 5.75 Å². The van der Waals surface area contributed by atoms with E-state index in [0.717, 1.165) is 0 Å². The van der Waals surface area contributed by atoms with Crippen molar-refractivity contribution >= 4 is 11.9 Å². The highest BCUT2D eigenvalue weighted by molar-refractivity contribution is 5.93. The summed E-state index contributed by atoms with van der Waals surface area (Å²) >= 11 is 0.